The van der Waals surface area contributed by atoms with Crippen molar-refractivity contribution in [3.8, 4) is 0 Å². The summed E-state index contributed by atoms with van der Waals surface area (Å²) >= 11 is 0. The van der Waals surface area contributed by atoms with Gasteiger partial charge < -0.3 is 65.1 Å². The van der Waals surface area contributed by atoms with E-state index in [1.165, 1.54) is 148 Å². The summed E-state index contributed by atoms with van der Waals surface area (Å²) < 4.78 is 22.9. The minimum absolute atomic E-state index is 0.207. The molecule has 1 amide bonds. The van der Waals surface area contributed by atoms with Gasteiger partial charge in [-0.25, -0.2) is 0 Å². The molecule has 0 aromatic rings. The molecule has 0 aromatic heterocycles. The van der Waals surface area contributed by atoms with Crippen LogP contribution in [0, 0.1) is 0 Å². The minimum atomic E-state index is -1.81. The average Bonchev–Trinajstić information content (AvgIpc) is 0.790. The number of amides is 1. The standard InChI is InChI=1S/C88H145NO13/c1-3-5-7-9-11-13-15-17-19-21-23-25-27-29-31-33-34-35-36-37-38-39-40-41-42-44-46-48-50-52-54-56-58-60-62-64-66-68-70-72-80(93)89-76(75-99-87-85(98)83(96)86(79(74-91)101-87)102-88-84(97)82(95)81(94)78(73-90)100-88)77(92)71-69-67-65-63-61-59-57-55-53-51-49-47-45-43-32-30-28-26-24-22-20-18-16-14-12-10-8-6-4-2/h5,7,11,13,17,19,23,25,29,31,34-35,37-38,40-41,44,46,50,52,56,58,61-64,69,71,76-79,81-88,90-92,94-98H,3-4,6,8-10,12,14-16,18,20-22,24,26-28,30,32-33,36,39,42-43,45,47-49,51,53-55,57,59-60,65-68,70,72-75H2,1-2H3,(H,89,93)/b7-5-,13-11-,19-17-,25-23-,31-29-,35-34-,38-37-,41-40-,46-44-,52-50-,58-56-,63-61+,64-62-,71-69+. The van der Waals surface area contributed by atoms with Gasteiger partial charge in [0, 0.05) is 6.42 Å². The predicted octanol–water partition coefficient (Wildman–Crippen LogP) is 18.7. The molecule has 2 aliphatic heterocycles. The molecule has 0 aliphatic carbocycles. The first-order valence-corrected chi connectivity index (χ1v) is 40.4. The van der Waals surface area contributed by atoms with Crippen molar-refractivity contribution < 1.29 is 64.6 Å². The number of aliphatic hydroxyl groups is 8. The fourth-order valence-electron chi connectivity index (χ4n) is 12.1. The highest BCUT2D eigenvalue weighted by Gasteiger charge is 2.51. The highest BCUT2D eigenvalue weighted by molar-refractivity contribution is 5.76. The Morgan fingerprint density at radius 2 is 0.686 bits per heavy atom. The fourth-order valence-corrected chi connectivity index (χ4v) is 12.1. The summed E-state index contributed by atoms with van der Waals surface area (Å²) in [4.78, 5) is 13.4. The molecule has 2 saturated heterocycles. The first-order chi connectivity index (χ1) is 50.1. The zero-order chi connectivity index (χ0) is 73.7. The first kappa shape index (κ1) is 93.4. The predicted molar refractivity (Wildman–Crippen MR) is 424 cm³/mol. The molecule has 2 fully saturated rings. The minimum Gasteiger partial charge on any atom is -0.394 e. The summed E-state index contributed by atoms with van der Waals surface area (Å²) in [7, 11) is 0. The first-order valence-electron chi connectivity index (χ1n) is 40.4. The SMILES string of the molecule is CC/C=C\C/C=C\C/C=C\C/C=C\C/C=C\C/C=C\C/C=C\C/C=C\C/C=C\C/C=C\C/C=C\C/C=C\CCCCC(=O)NC(COC1OC(CO)C(OC2OC(CO)C(O)C(O)C2O)C(O)C1O)C(O)/C=C/CC/C=C/CCCCCCCCCCCCCCCCCCCCCCCCC. The van der Waals surface area contributed by atoms with Crippen molar-refractivity contribution in [3.05, 3.63) is 170 Å². The van der Waals surface area contributed by atoms with E-state index in [0.717, 1.165) is 103 Å². The second-order valence-corrected chi connectivity index (χ2v) is 27.4. The lowest BCUT2D eigenvalue weighted by molar-refractivity contribution is -0.359. The number of carbonyl (C=O) groups excluding carboxylic acids is 1. The molecule has 102 heavy (non-hydrogen) atoms. The molecule has 12 unspecified atom stereocenters. The van der Waals surface area contributed by atoms with Gasteiger partial charge in [0.15, 0.2) is 12.6 Å². The molecule has 2 rings (SSSR count). The van der Waals surface area contributed by atoms with Crippen LogP contribution in [0.1, 0.15) is 284 Å². The molecule has 0 spiro atoms. The van der Waals surface area contributed by atoms with Crippen LogP contribution in [0.5, 0.6) is 0 Å². The normalized spacial score (nSPS) is 22.6. The Labute approximate surface area is 619 Å². The molecule has 580 valence electrons. The topological polar surface area (TPSA) is 228 Å². The molecule has 14 heteroatoms. The molecule has 12 atom stereocenters. The maximum atomic E-state index is 13.4. The third-order valence-electron chi connectivity index (χ3n) is 18.4. The molecule has 0 aromatic carbocycles. The van der Waals surface area contributed by atoms with Crippen molar-refractivity contribution in [1.29, 1.82) is 0 Å². The van der Waals surface area contributed by atoms with Gasteiger partial charge in [-0.1, -0.05) is 325 Å². The molecule has 14 nitrogen and oxygen atoms in total. The summed E-state index contributed by atoms with van der Waals surface area (Å²) in [6.07, 6.45) is 91.5. The van der Waals surface area contributed by atoms with Crippen LogP contribution in [0.25, 0.3) is 0 Å². The number of carbonyl (C=O) groups is 1. The summed E-state index contributed by atoms with van der Waals surface area (Å²) in [5.74, 6) is -0.296. The smallest absolute Gasteiger partial charge is 0.220 e. The lowest BCUT2D eigenvalue weighted by atomic mass is 9.97. The van der Waals surface area contributed by atoms with Gasteiger partial charge in [0.2, 0.25) is 5.91 Å². The van der Waals surface area contributed by atoms with Crippen molar-refractivity contribution in [2.75, 3.05) is 19.8 Å². The van der Waals surface area contributed by atoms with E-state index in [1.807, 2.05) is 6.08 Å². The van der Waals surface area contributed by atoms with Crippen LogP contribution < -0.4 is 5.32 Å². The maximum Gasteiger partial charge on any atom is 0.220 e. The van der Waals surface area contributed by atoms with E-state index in [2.05, 4.69) is 177 Å². The van der Waals surface area contributed by atoms with Gasteiger partial charge in [-0.3, -0.25) is 4.79 Å². The van der Waals surface area contributed by atoms with E-state index in [0.29, 0.717) is 12.8 Å². The van der Waals surface area contributed by atoms with Gasteiger partial charge in [0.1, 0.15) is 48.8 Å². The van der Waals surface area contributed by atoms with E-state index in [-0.39, 0.29) is 18.9 Å². The number of aliphatic hydroxyl groups excluding tert-OH is 8. The lowest BCUT2D eigenvalue weighted by Gasteiger charge is -2.46. The second-order valence-electron chi connectivity index (χ2n) is 27.4. The highest BCUT2D eigenvalue weighted by atomic mass is 16.7. The van der Waals surface area contributed by atoms with Crippen molar-refractivity contribution in [2.45, 2.75) is 357 Å². The molecular formula is C88H145NO13. The Morgan fingerprint density at radius 1 is 0.363 bits per heavy atom. The van der Waals surface area contributed by atoms with Gasteiger partial charge in [-0.2, -0.15) is 0 Å². The Kier molecular flexibility index (Phi) is 63.6. The molecule has 0 radical (unpaired) electrons. The molecular weight excluding hydrogens is 1280 g/mol. The fraction of sp³-hybridized carbons (Fsp3) is 0.670. The Bertz CT molecular complexity index is 2380. The number of ether oxygens (including phenoxy) is 4. The second kappa shape index (κ2) is 69.4. The largest absolute Gasteiger partial charge is 0.394 e. The molecule has 2 heterocycles. The molecule has 9 N–H and O–H groups in total. The van der Waals surface area contributed by atoms with E-state index in [9.17, 15) is 45.6 Å². The quantitative estimate of drug-likeness (QED) is 0.0204. The number of unbranched alkanes of at least 4 members (excludes halogenated alkanes) is 26. The number of rotatable bonds is 65. The number of hydrogen-bond donors (Lipinski definition) is 9. The number of allylic oxidation sites excluding steroid dienone is 27. The van der Waals surface area contributed by atoms with Crippen molar-refractivity contribution in [3.63, 3.8) is 0 Å². The average molecular weight is 1430 g/mol. The van der Waals surface area contributed by atoms with Crippen molar-refractivity contribution in [2.24, 2.45) is 0 Å². The van der Waals surface area contributed by atoms with Crippen LogP contribution >= 0.6 is 0 Å². The van der Waals surface area contributed by atoms with Crippen LogP contribution in [0.3, 0.4) is 0 Å². The lowest BCUT2D eigenvalue weighted by Crippen LogP contribution is -2.65. The van der Waals surface area contributed by atoms with Gasteiger partial charge in [0.05, 0.1) is 32.0 Å². The number of hydrogen-bond acceptors (Lipinski definition) is 13. The summed E-state index contributed by atoms with van der Waals surface area (Å²) in [5, 5.41) is 87.6. The van der Waals surface area contributed by atoms with Crippen molar-refractivity contribution >= 4 is 5.91 Å². The van der Waals surface area contributed by atoms with Gasteiger partial charge in [-0.05, 0) is 122 Å². The Balaban J connectivity index is 1.68. The van der Waals surface area contributed by atoms with E-state index < -0.39 is 86.8 Å². The summed E-state index contributed by atoms with van der Waals surface area (Å²) in [6, 6.07) is -0.971. The van der Waals surface area contributed by atoms with E-state index >= 15 is 0 Å². The van der Waals surface area contributed by atoms with Gasteiger partial charge in [-0.15, -0.1) is 0 Å². The monoisotopic (exact) mass is 1420 g/mol. The van der Waals surface area contributed by atoms with Crippen LogP contribution in [0.4, 0.5) is 0 Å². The zero-order valence-corrected chi connectivity index (χ0v) is 63.5. The van der Waals surface area contributed by atoms with Crippen LogP contribution in [0.2, 0.25) is 0 Å². The van der Waals surface area contributed by atoms with Gasteiger partial charge in [0.25, 0.3) is 0 Å². The third-order valence-corrected chi connectivity index (χ3v) is 18.4. The van der Waals surface area contributed by atoms with Crippen molar-refractivity contribution in [1.82, 2.24) is 5.32 Å². The van der Waals surface area contributed by atoms with E-state index in [4.69, 9.17) is 18.9 Å². The third kappa shape index (κ3) is 51.5. The van der Waals surface area contributed by atoms with Crippen LogP contribution in [-0.4, -0.2) is 140 Å². The van der Waals surface area contributed by atoms with Crippen LogP contribution in [-0.2, 0) is 23.7 Å². The maximum absolute atomic E-state index is 13.4. The molecule has 0 bridgehead atoms. The highest BCUT2D eigenvalue weighted by Crippen LogP contribution is 2.30. The zero-order valence-electron chi connectivity index (χ0n) is 63.5. The number of nitrogens with one attached hydrogen (secondary N) is 1. The van der Waals surface area contributed by atoms with Gasteiger partial charge >= 0.3 is 0 Å². The molecule has 2 aliphatic rings. The Hall–Kier alpha value is -4.65. The molecule has 0 saturated carbocycles. The summed E-state index contributed by atoms with van der Waals surface area (Å²) in [6.45, 7) is 2.65. The van der Waals surface area contributed by atoms with Crippen LogP contribution in [0.15, 0.2) is 170 Å². The Morgan fingerprint density at radius 3 is 1.08 bits per heavy atom. The van der Waals surface area contributed by atoms with E-state index in [1.54, 1.807) is 6.08 Å². The summed E-state index contributed by atoms with van der Waals surface area (Å²) in [5.41, 5.74) is 0.